The summed E-state index contributed by atoms with van der Waals surface area (Å²) in [6.07, 6.45) is 0.880. The van der Waals surface area contributed by atoms with E-state index in [0.717, 1.165) is 51.5 Å². The topological polar surface area (TPSA) is 41.7 Å². The van der Waals surface area contributed by atoms with Crippen LogP contribution in [0.25, 0.3) is 0 Å². The maximum atomic E-state index is 6.04. The van der Waals surface area contributed by atoms with E-state index in [9.17, 15) is 0 Å². The molecule has 0 aliphatic carbocycles. The van der Waals surface area contributed by atoms with Gasteiger partial charge in [-0.2, -0.15) is 0 Å². The second kappa shape index (κ2) is 7.62. The van der Waals surface area contributed by atoms with E-state index in [4.69, 9.17) is 10.5 Å². The van der Waals surface area contributed by atoms with Crippen LogP contribution in [-0.2, 0) is 6.42 Å². The van der Waals surface area contributed by atoms with Gasteiger partial charge >= 0.3 is 0 Å². The number of hydrogen-bond donors (Lipinski definition) is 1. The third kappa shape index (κ3) is 4.20. The molecule has 1 saturated heterocycles. The van der Waals surface area contributed by atoms with E-state index in [2.05, 4.69) is 42.0 Å². The maximum Gasteiger partial charge on any atom is 0.125 e. The molecule has 0 spiro atoms. The van der Waals surface area contributed by atoms with Crippen LogP contribution in [0.4, 0.5) is 0 Å². The average Bonchev–Trinajstić information content (AvgIpc) is 2.44. The van der Waals surface area contributed by atoms with Gasteiger partial charge in [-0.15, -0.1) is 0 Å². The van der Waals surface area contributed by atoms with Crippen molar-refractivity contribution < 1.29 is 4.74 Å². The van der Waals surface area contributed by atoms with Gasteiger partial charge in [0.25, 0.3) is 0 Å². The van der Waals surface area contributed by atoms with E-state index in [1.54, 1.807) is 0 Å². The van der Waals surface area contributed by atoms with Gasteiger partial charge in [-0.05, 0) is 38.1 Å². The summed E-state index contributed by atoms with van der Waals surface area (Å²) >= 11 is 0. The molecule has 1 aromatic carbocycles. The minimum Gasteiger partial charge on any atom is -0.492 e. The van der Waals surface area contributed by atoms with Crippen molar-refractivity contribution in [2.24, 2.45) is 5.73 Å². The van der Waals surface area contributed by atoms with Crippen molar-refractivity contribution in [1.82, 2.24) is 9.80 Å². The summed E-state index contributed by atoms with van der Waals surface area (Å²) in [7, 11) is 2.18. The minimum atomic E-state index is 0.665. The maximum absolute atomic E-state index is 6.04. The van der Waals surface area contributed by atoms with E-state index in [-0.39, 0.29) is 0 Å². The monoisotopic (exact) mass is 277 g/mol. The highest BCUT2D eigenvalue weighted by Gasteiger charge is 2.14. The number of rotatable bonds is 6. The molecule has 2 N–H and O–H groups in total. The summed E-state index contributed by atoms with van der Waals surface area (Å²) in [5.41, 5.74) is 8.10. The number of ether oxygens (including phenoxy) is 1. The Morgan fingerprint density at radius 2 is 1.95 bits per heavy atom. The van der Waals surface area contributed by atoms with E-state index < -0.39 is 0 Å². The first-order valence-corrected chi connectivity index (χ1v) is 7.53. The van der Waals surface area contributed by atoms with Crippen LogP contribution in [0.2, 0.25) is 0 Å². The van der Waals surface area contributed by atoms with E-state index in [1.807, 2.05) is 0 Å². The summed E-state index contributed by atoms with van der Waals surface area (Å²) in [5, 5.41) is 0. The SMILES string of the molecule is Cc1cccc(CCN)c1OCCN1CCN(C)CC1. The first-order valence-electron chi connectivity index (χ1n) is 7.53. The second-order valence-electron chi connectivity index (χ2n) is 5.60. The third-order valence-electron chi connectivity index (χ3n) is 3.96. The first kappa shape index (κ1) is 15.3. The van der Waals surface area contributed by atoms with E-state index >= 15 is 0 Å². The molecule has 4 nitrogen and oxygen atoms in total. The van der Waals surface area contributed by atoms with Gasteiger partial charge in [0, 0.05) is 32.7 Å². The second-order valence-corrected chi connectivity index (χ2v) is 5.60. The largest absolute Gasteiger partial charge is 0.492 e. The molecular weight excluding hydrogens is 250 g/mol. The summed E-state index contributed by atoms with van der Waals surface area (Å²) < 4.78 is 6.04. The Balaban J connectivity index is 1.84. The predicted molar refractivity (Wildman–Crippen MR) is 83.4 cm³/mol. The van der Waals surface area contributed by atoms with Crippen LogP contribution in [0.1, 0.15) is 11.1 Å². The molecule has 0 bridgehead atoms. The molecule has 0 atom stereocenters. The van der Waals surface area contributed by atoms with Crippen LogP contribution >= 0.6 is 0 Å². The normalized spacial score (nSPS) is 17.4. The lowest BCUT2D eigenvalue weighted by atomic mass is 10.1. The van der Waals surface area contributed by atoms with Crippen LogP contribution in [0.5, 0.6) is 5.75 Å². The molecule has 20 heavy (non-hydrogen) atoms. The number of nitrogens with two attached hydrogens (primary N) is 1. The van der Waals surface area contributed by atoms with Gasteiger partial charge in [0.1, 0.15) is 12.4 Å². The van der Waals surface area contributed by atoms with Gasteiger partial charge in [-0.3, -0.25) is 4.90 Å². The van der Waals surface area contributed by atoms with Gasteiger partial charge in [0.2, 0.25) is 0 Å². The number of aryl methyl sites for hydroxylation is 1. The highest BCUT2D eigenvalue weighted by Crippen LogP contribution is 2.23. The van der Waals surface area contributed by atoms with E-state index in [0.29, 0.717) is 6.54 Å². The minimum absolute atomic E-state index is 0.665. The summed E-state index contributed by atoms with van der Waals surface area (Å²) in [5.74, 6) is 1.03. The molecular formula is C16H27N3O. The Morgan fingerprint density at radius 3 is 2.65 bits per heavy atom. The van der Waals surface area contributed by atoms with Crippen molar-refractivity contribution >= 4 is 0 Å². The van der Waals surface area contributed by atoms with Crippen LogP contribution in [-0.4, -0.2) is 62.7 Å². The van der Waals surface area contributed by atoms with Crippen molar-refractivity contribution in [2.75, 3.05) is 52.9 Å². The number of hydrogen-bond acceptors (Lipinski definition) is 4. The molecule has 2 rings (SSSR count). The fourth-order valence-corrected chi connectivity index (χ4v) is 2.62. The fourth-order valence-electron chi connectivity index (χ4n) is 2.62. The van der Waals surface area contributed by atoms with Gasteiger partial charge < -0.3 is 15.4 Å². The van der Waals surface area contributed by atoms with Crippen LogP contribution < -0.4 is 10.5 Å². The summed E-state index contributed by atoms with van der Waals surface area (Å²) in [6.45, 7) is 9.12. The van der Waals surface area contributed by atoms with Crippen molar-refractivity contribution in [2.45, 2.75) is 13.3 Å². The van der Waals surface area contributed by atoms with Crippen LogP contribution in [0.3, 0.4) is 0 Å². The van der Waals surface area contributed by atoms with Gasteiger partial charge in [-0.25, -0.2) is 0 Å². The Hall–Kier alpha value is -1.10. The van der Waals surface area contributed by atoms with Gasteiger partial charge in [0.05, 0.1) is 0 Å². The standard InChI is InChI=1S/C16H27N3O/c1-14-4-3-5-15(6-7-17)16(14)20-13-12-19-10-8-18(2)9-11-19/h3-5H,6-13,17H2,1-2H3. The Bertz CT molecular complexity index is 414. The molecule has 4 heteroatoms. The van der Waals surface area contributed by atoms with Gasteiger partial charge in [0.15, 0.2) is 0 Å². The number of piperazine rings is 1. The zero-order chi connectivity index (χ0) is 14.4. The molecule has 0 amide bonds. The molecule has 0 saturated carbocycles. The molecule has 0 radical (unpaired) electrons. The molecule has 1 aliphatic heterocycles. The molecule has 1 aromatic rings. The van der Waals surface area contributed by atoms with Crippen LogP contribution in [0.15, 0.2) is 18.2 Å². The lowest BCUT2D eigenvalue weighted by molar-refractivity contribution is 0.133. The Labute approximate surface area is 122 Å². The lowest BCUT2D eigenvalue weighted by Crippen LogP contribution is -2.45. The average molecular weight is 277 g/mol. The summed E-state index contributed by atoms with van der Waals surface area (Å²) in [4.78, 5) is 4.85. The summed E-state index contributed by atoms with van der Waals surface area (Å²) in [6, 6.07) is 6.30. The molecule has 1 heterocycles. The third-order valence-corrected chi connectivity index (χ3v) is 3.96. The van der Waals surface area contributed by atoms with Crippen molar-refractivity contribution in [3.63, 3.8) is 0 Å². The van der Waals surface area contributed by atoms with Gasteiger partial charge in [-0.1, -0.05) is 18.2 Å². The number of nitrogens with zero attached hydrogens (tertiary/aromatic N) is 2. The van der Waals surface area contributed by atoms with Crippen molar-refractivity contribution in [3.05, 3.63) is 29.3 Å². The number of para-hydroxylation sites is 1. The molecule has 0 unspecified atom stereocenters. The Kier molecular flexibility index (Phi) is 5.83. The molecule has 112 valence electrons. The lowest BCUT2D eigenvalue weighted by Gasteiger charge is -2.32. The zero-order valence-electron chi connectivity index (χ0n) is 12.8. The van der Waals surface area contributed by atoms with Crippen LogP contribution in [0, 0.1) is 6.92 Å². The fraction of sp³-hybridized carbons (Fsp3) is 0.625. The van der Waals surface area contributed by atoms with Crippen molar-refractivity contribution in [3.8, 4) is 5.75 Å². The zero-order valence-corrected chi connectivity index (χ0v) is 12.8. The molecule has 0 aromatic heterocycles. The number of benzene rings is 1. The van der Waals surface area contributed by atoms with E-state index in [1.165, 1.54) is 11.1 Å². The highest BCUT2D eigenvalue weighted by atomic mass is 16.5. The number of likely N-dealkylation sites (N-methyl/N-ethyl adjacent to an activating group) is 1. The smallest absolute Gasteiger partial charge is 0.125 e. The molecule has 1 aliphatic rings. The first-order chi connectivity index (χ1) is 9.70. The molecule has 1 fully saturated rings. The predicted octanol–water partition coefficient (Wildman–Crippen LogP) is 1.12. The Morgan fingerprint density at radius 1 is 1.20 bits per heavy atom. The quantitative estimate of drug-likeness (QED) is 0.846. The highest BCUT2D eigenvalue weighted by molar-refractivity contribution is 5.40. The van der Waals surface area contributed by atoms with Crippen molar-refractivity contribution in [1.29, 1.82) is 0 Å².